The maximum Gasteiger partial charge on any atom is 0.122 e. The first-order valence-electron chi connectivity index (χ1n) is 6.67. The molecule has 1 aromatic rings. The zero-order valence-corrected chi connectivity index (χ0v) is 11.1. The van der Waals surface area contributed by atoms with E-state index in [1.165, 1.54) is 12.8 Å². The van der Waals surface area contributed by atoms with Crippen LogP contribution in [-0.2, 0) is 0 Å². The van der Waals surface area contributed by atoms with Crippen LogP contribution in [0.2, 0.25) is 0 Å². The van der Waals surface area contributed by atoms with Gasteiger partial charge in [-0.25, -0.2) is 0 Å². The molecule has 2 aliphatic rings. The average molecular weight is 254 g/mol. The molecule has 1 heterocycles. The lowest BCUT2D eigenvalue weighted by atomic mass is 10.1. The van der Waals surface area contributed by atoms with E-state index in [9.17, 15) is 0 Å². The van der Waals surface area contributed by atoms with Crippen LogP contribution in [0.3, 0.4) is 0 Å². The highest BCUT2D eigenvalue weighted by Gasteiger charge is 2.22. The second kappa shape index (κ2) is 4.92. The number of rotatable bonds is 4. The first-order chi connectivity index (χ1) is 9.22. The molecule has 98 valence electrons. The molecule has 0 aromatic heterocycles. The Kier molecular flexibility index (Phi) is 3.11. The fraction of sp³-hybridized carbons (Fsp3) is 0.312. The van der Waals surface area contributed by atoms with Crippen LogP contribution >= 0.6 is 0 Å². The molecule has 1 saturated carbocycles. The molecule has 0 saturated heterocycles. The lowest BCUT2D eigenvalue weighted by molar-refractivity contribution is 0.298. The van der Waals surface area contributed by atoms with Crippen molar-refractivity contribution in [3.8, 4) is 5.75 Å². The van der Waals surface area contributed by atoms with E-state index in [1.807, 2.05) is 24.3 Å². The van der Waals surface area contributed by atoms with Gasteiger partial charge in [0.15, 0.2) is 0 Å². The van der Waals surface area contributed by atoms with Crippen LogP contribution in [0.25, 0.3) is 0 Å². The fourth-order valence-electron chi connectivity index (χ4n) is 2.01. The van der Waals surface area contributed by atoms with E-state index in [0.717, 1.165) is 40.8 Å². The minimum absolute atomic E-state index is 0.778. The molecule has 1 aliphatic heterocycles. The van der Waals surface area contributed by atoms with E-state index in [4.69, 9.17) is 4.74 Å². The van der Waals surface area contributed by atoms with Gasteiger partial charge in [0, 0.05) is 11.3 Å². The number of hydrogen-bond donors (Lipinski definition) is 1. The topological polar surface area (TPSA) is 33.6 Å². The Bertz CT molecular complexity index is 568. The molecular weight excluding hydrogens is 236 g/mol. The van der Waals surface area contributed by atoms with E-state index in [-0.39, 0.29) is 0 Å². The molecule has 19 heavy (non-hydrogen) atoms. The Morgan fingerprint density at radius 2 is 2.21 bits per heavy atom. The second-order valence-corrected chi connectivity index (χ2v) is 5.20. The predicted octanol–water partition coefficient (Wildman–Crippen LogP) is 3.16. The Morgan fingerprint density at radius 1 is 1.37 bits per heavy atom. The molecule has 3 nitrogen and oxygen atoms in total. The van der Waals surface area contributed by atoms with Gasteiger partial charge in [-0.15, -0.1) is 0 Å². The smallest absolute Gasteiger partial charge is 0.122 e. The van der Waals surface area contributed by atoms with Crippen LogP contribution in [0.4, 0.5) is 0 Å². The number of nitrogens with zero attached hydrogens (tertiary/aromatic N) is 1. The van der Waals surface area contributed by atoms with Crippen molar-refractivity contribution in [2.24, 2.45) is 11.0 Å². The summed E-state index contributed by atoms with van der Waals surface area (Å²) in [6.07, 6.45) is 6.52. The molecule has 1 N–H and O–H groups in total. The van der Waals surface area contributed by atoms with E-state index in [0.29, 0.717) is 0 Å². The summed E-state index contributed by atoms with van der Waals surface area (Å²) in [7, 11) is 0. The lowest BCUT2D eigenvalue weighted by Gasteiger charge is -2.12. The number of ether oxygens (including phenoxy) is 1. The van der Waals surface area contributed by atoms with Gasteiger partial charge < -0.3 is 4.74 Å². The molecule has 0 atom stereocenters. The highest BCUT2D eigenvalue weighted by atomic mass is 16.5. The van der Waals surface area contributed by atoms with Crippen molar-refractivity contribution in [2.45, 2.75) is 19.8 Å². The number of allylic oxidation sites excluding steroid dienone is 2. The van der Waals surface area contributed by atoms with Crippen LogP contribution in [0.15, 0.2) is 47.7 Å². The van der Waals surface area contributed by atoms with E-state index >= 15 is 0 Å². The van der Waals surface area contributed by atoms with Crippen LogP contribution in [0.1, 0.15) is 24.0 Å². The van der Waals surface area contributed by atoms with Gasteiger partial charge in [0.1, 0.15) is 5.75 Å². The molecule has 0 spiro atoms. The Balaban J connectivity index is 1.74. The third kappa shape index (κ3) is 2.87. The van der Waals surface area contributed by atoms with Crippen LogP contribution < -0.4 is 10.2 Å². The van der Waals surface area contributed by atoms with Gasteiger partial charge in [0.05, 0.1) is 12.3 Å². The predicted molar refractivity (Wildman–Crippen MR) is 77.4 cm³/mol. The summed E-state index contributed by atoms with van der Waals surface area (Å²) in [4.78, 5) is 0. The van der Waals surface area contributed by atoms with Gasteiger partial charge in [0.2, 0.25) is 0 Å². The van der Waals surface area contributed by atoms with E-state index in [2.05, 4.69) is 30.1 Å². The largest absolute Gasteiger partial charge is 0.493 e. The summed E-state index contributed by atoms with van der Waals surface area (Å²) in [5.74, 6) is 1.76. The van der Waals surface area contributed by atoms with Gasteiger partial charge in [-0.2, -0.15) is 5.10 Å². The minimum Gasteiger partial charge on any atom is -0.493 e. The second-order valence-electron chi connectivity index (χ2n) is 5.20. The quantitative estimate of drug-likeness (QED) is 0.895. The van der Waals surface area contributed by atoms with Crippen molar-refractivity contribution in [2.75, 3.05) is 6.61 Å². The van der Waals surface area contributed by atoms with Gasteiger partial charge >= 0.3 is 0 Å². The van der Waals surface area contributed by atoms with Crippen LogP contribution in [0, 0.1) is 12.8 Å². The molecule has 0 unspecified atom stereocenters. The maximum absolute atomic E-state index is 5.83. The molecule has 3 heteroatoms. The number of nitrogens with one attached hydrogen (secondary N) is 1. The number of hydrogen-bond acceptors (Lipinski definition) is 3. The zero-order chi connectivity index (χ0) is 13.2. The van der Waals surface area contributed by atoms with Crippen molar-refractivity contribution in [1.82, 2.24) is 5.43 Å². The van der Waals surface area contributed by atoms with Gasteiger partial charge in [-0.05, 0) is 61.6 Å². The molecule has 1 aliphatic carbocycles. The standard InChI is InChI=1S/C16H18N2O/c1-11-9-14(15-7-3-12(2)17-18-15)6-8-16(11)19-10-13-4-5-13/h3,6-9,13,17H,2,4-5,10H2,1H3. The highest BCUT2D eigenvalue weighted by molar-refractivity contribution is 6.09. The van der Waals surface area contributed by atoms with Gasteiger partial charge in [-0.1, -0.05) is 6.58 Å². The van der Waals surface area contributed by atoms with Gasteiger partial charge in [-0.3, -0.25) is 5.43 Å². The van der Waals surface area contributed by atoms with Gasteiger partial charge in [0.25, 0.3) is 0 Å². The molecule has 1 aromatic carbocycles. The molecule has 1 fully saturated rings. The number of benzene rings is 1. The SMILES string of the molecule is C=C1C=CC(c2ccc(OCC3CC3)c(C)c2)=NN1. The summed E-state index contributed by atoms with van der Waals surface area (Å²) >= 11 is 0. The van der Waals surface area contributed by atoms with Crippen LogP contribution in [0.5, 0.6) is 5.75 Å². The van der Waals surface area contributed by atoms with Crippen molar-refractivity contribution < 1.29 is 4.74 Å². The normalized spacial score (nSPS) is 17.9. The maximum atomic E-state index is 5.83. The third-order valence-corrected chi connectivity index (χ3v) is 3.40. The number of hydrazone groups is 1. The molecule has 0 bridgehead atoms. The monoisotopic (exact) mass is 254 g/mol. The Morgan fingerprint density at radius 3 is 2.84 bits per heavy atom. The summed E-state index contributed by atoms with van der Waals surface area (Å²) in [5.41, 5.74) is 6.86. The van der Waals surface area contributed by atoms with Crippen molar-refractivity contribution >= 4 is 5.71 Å². The van der Waals surface area contributed by atoms with E-state index in [1.54, 1.807) is 0 Å². The fourth-order valence-corrected chi connectivity index (χ4v) is 2.01. The van der Waals surface area contributed by atoms with E-state index < -0.39 is 0 Å². The van der Waals surface area contributed by atoms with Crippen molar-refractivity contribution in [1.29, 1.82) is 0 Å². The average Bonchev–Trinajstić information content (AvgIpc) is 3.22. The summed E-state index contributed by atoms with van der Waals surface area (Å²) in [6.45, 7) is 6.72. The number of aryl methyl sites for hydroxylation is 1. The Labute approximate surface area is 113 Å². The third-order valence-electron chi connectivity index (χ3n) is 3.40. The molecule has 0 radical (unpaired) electrons. The Hall–Kier alpha value is -2.03. The summed E-state index contributed by atoms with van der Waals surface area (Å²) in [5, 5.41) is 4.28. The van der Waals surface area contributed by atoms with Crippen molar-refractivity contribution in [3.63, 3.8) is 0 Å². The highest BCUT2D eigenvalue weighted by Crippen LogP contribution is 2.30. The van der Waals surface area contributed by atoms with Crippen LogP contribution in [-0.4, -0.2) is 12.3 Å². The molecular formula is C16H18N2O. The summed E-state index contributed by atoms with van der Waals surface area (Å²) in [6, 6.07) is 6.20. The molecule has 0 amide bonds. The summed E-state index contributed by atoms with van der Waals surface area (Å²) < 4.78 is 5.83. The zero-order valence-electron chi connectivity index (χ0n) is 11.1. The lowest BCUT2D eigenvalue weighted by Crippen LogP contribution is -2.13. The van der Waals surface area contributed by atoms with Crippen molar-refractivity contribution in [3.05, 3.63) is 53.8 Å². The first kappa shape index (κ1) is 12.0. The first-order valence-corrected chi connectivity index (χ1v) is 6.67. The minimum atomic E-state index is 0.778. The molecule has 3 rings (SSSR count).